The molecular weight excluding hydrogens is 592 g/mol. The number of rotatable bonds is 14. The summed E-state index contributed by atoms with van der Waals surface area (Å²) >= 11 is 0. The highest BCUT2D eigenvalue weighted by molar-refractivity contribution is 7.90. The first-order valence-corrected chi connectivity index (χ1v) is 15.3. The molecule has 0 aliphatic carbocycles. The van der Waals surface area contributed by atoms with Gasteiger partial charge in [0.15, 0.2) is 0 Å². The van der Waals surface area contributed by atoms with Crippen LogP contribution in [0.5, 0.6) is 0 Å². The molecule has 0 heterocycles. The molecule has 2 rings (SSSR count). The van der Waals surface area contributed by atoms with Crippen molar-refractivity contribution in [3.05, 3.63) is 65.7 Å². The van der Waals surface area contributed by atoms with Crippen LogP contribution >= 0.6 is 0 Å². The zero-order valence-electron chi connectivity index (χ0n) is 25.2. The monoisotopic (exact) mass is 632 g/mol. The van der Waals surface area contributed by atoms with Crippen molar-refractivity contribution in [1.82, 2.24) is 20.7 Å². The molecule has 3 amide bonds. The average Bonchev–Trinajstić information content (AvgIpc) is 2.94. The Kier molecular flexibility index (Phi) is 13.6. The van der Waals surface area contributed by atoms with Gasteiger partial charge in [0.2, 0.25) is 17.8 Å². The smallest absolute Gasteiger partial charge is 0.408 e. The second-order valence-electron chi connectivity index (χ2n) is 10.7. The van der Waals surface area contributed by atoms with Crippen molar-refractivity contribution in [3.8, 4) is 0 Å². The van der Waals surface area contributed by atoms with E-state index in [1.54, 1.807) is 57.2 Å². The van der Waals surface area contributed by atoms with Crippen molar-refractivity contribution in [2.75, 3.05) is 19.6 Å². The van der Waals surface area contributed by atoms with Crippen LogP contribution in [0.2, 0.25) is 0 Å². The zero-order chi connectivity index (χ0) is 32.8. The Morgan fingerprint density at radius 1 is 0.955 bits per heavy atom. The number of sulfonamides is 1. The minimum absolute atomic E-state index is 0.0210. The lowest BCUT2D eigenvalue weighted by Crippen LogP contribution is -2.50. The second-order valence-corrected chi connectivity index (χ2v) is 12.3. The van der Waals surface area contributed by atoms with E-state index in [2.05, 4.69) is 25.7 Å². The molecule has 14 nitrogen and oxygen atoms in total. The summed E-state index contributed by atoms with van der Waals surface area (Å²) in [5.41, 5.74) is 6.60. The summed E-state index contributed by atoms with van der Waals surface area (Å²) in [5.74, 6) is -2.33. The molecule has 0 radical (unpaired) electrons. The summed E-state index contributed by atoms with van der Waals surface area (Å²) in [5, 5.41) is 7.23. The highest BCUT2D eigenvalue weighted by Gasteiger charge is 2.24. The molecule has 15 heteroatoms. The topological polar surface area (TPSA) is 207 Å². The predicted octanol–water partition coefficient (Wildman–Crippen LogP) is 1.24. The number of benzene rings is 2. The van der Waals surface area contributed by atoms with E-state index in [0.717, 1.165) is 11.1 Å². The number of nitrogens with one attached hydrogen (secondary N) is 4. The average molecular weight is 633 g/mol. The van der Waals surface area contributed by atoms with Crippen LogP contribution in [0, 0.1) is 6.92 Å². The molecule has 44 heavy (non-hydrogen) atoms. The fourth-order valence-corrected chi connectivity index (χ4v) is 4.42. The predicted molar refractivity (Wildman–Crippen MR) is 163 cm³/mol. The van der Waals surface area contributed by atoms with Crippen molar-refractivity contribution >= 4 is 39.9 Å². The molecule has 2 aromatic carbocycles. The lowest BCUT2D eigenvalue weighted by Gasteiger charge is -2.23. The maximum atomic E-state index is 12.8. The van der Waals surface area contributed by atoms with Gasteiger partial charge in [-0.2, -0.15) is 0 Å². The first kappa shape index (κ1) is 35.5. The number of hydrogen-bond acceptors (Lipinski definition) is 9. The van der Waals surface area contributed by atoms with E-state index in [-0.39, 0.29) is 36.8 Å². The molecule has 0 saturated heterocycles. The summed E-state index contributed by atoms with van der Waals surface area (Å²) in [7, 11) is -3.93. The van der Waals surface area contributed by atoms with E-state index in [4.69, 9.17) is 15.2 Å². The molecule has 0 spiro atoms. The lowest BCUT2D eigenvalue weighted by atomic mass is 10.1. The molecular formula is C29H40N6O8S. The summed E-state index contributed by atoms with van der Waals surface area (Å²) in [6.07, 6.45) is -0.586. The fraction of sp³-hybridized carbons (Fsp3) is 0.414. The maximum absolute atomic E-state index is 12.8. The van der Waals surface area contributed by atoms with Crippen molar-refractivity contribution in [2.45, 2.75) is 63.7 Å². The number of guanidine groups is 1. The summed E-state index contributed by atoms with van der Waals surface area (Å²) in [6, 6.07) is 14.1. The van der Waals surface area contributed by atoms with Gasteiger partial charge < -0.3 is 31.2 Å². The Morgan fingerprint density at radius 2 is 1.61 bits per heavy atom. The van der Waals surface area contributed by atoms with Gasteiger partial charge in [-0.3, -0.25) is 19.4 Å². The molecule has 1 atom stereocenters. The largest absolute Gasteiger partial charge is 0.460 e. The first-order chi connectivity index (χ1) is 20.6. The number of aliphatic imine (C=N–C) groups is 1. The van der Waals surface area contributed by atoms with Crippen LogP contribution < -0.4 is 26.4 Å². The second kappa shape index (κ2) is 16.8. The maximum Gasteiger partial charge on any atom is 0.408 e. The van der Waals surface area contributed by atoms with Crippen LogP contribution in [0.4, 0.5) is 4.79 Å². The standard InChI is InChI=1S/C29H40N6O8S/c1-20-12-14-22(15-13-20)44(40,41)35-27(30)31-16-8-11-23(34-28(39)43-29(2,3)4)26(38)33-17-24(36)32-18-25(37)42-19-21-9-6-5-7-10-21/h5-7,9-10,12-15,23H,8,11,16-19H2,1-4H3,(H,32,36)(H,33,38)(H,34,39)(H3,30,31,35)/t23-/m1/s1. The van der Waals surface area contributed by atoms with E-state index in [9.17, 15) is 27.6 Å². The number of ether oxygens (including phenoxy) is 2. The van der Waals surface area contributed by atoms with Gasteiger partial charge in [-0.05, 0) is 58.2 Å². The summed E-state index contributed by atoms with van der Waals surface area (Å²) < 4.78 is 37.5. The number of nitrogens with zero attached hydrogens (tertiary/aromatic N) is 1. The SMILES string of the molecule is Cc1ccc(S(=O)(=O)NC(N)=NCCC[C@@H](NC(=O)OC(C)(C)C)C(=O)NCC(=O)NCC(=O)OCc2ccccc2)cc1. The first-order valence-electron chi connectivity index (χ1n) is 13.8. The van der Waals surface area contributed by atoms with Crippen LogP contribution in [0.15, 0.2) is 64.5 Å². The van der Waals surface area contributed by atoms with Gasteiger partial charge in [0.05, 0.1) is 11.4 Å². The third-order valence-electron chi connectivity index (χ3n) is 5.61. The Morgan fingerprint density at radius 3 is 2.25 bits per heavy atom. The Labute approximate surface area is 257 Å². The molecule has 0 unspecified atom stereocenters. The van der Waals surface area contributed by atoms with E-state index < -0.39 is 58.6 Å². The van der Waals surface area contributed by atoms with E-state index in [1.165, 1.54) is 12.1 Å². The molecule has 0 aromatic heterocycles. The van der Waals surface area contributed by atoms with Gasteiger partial charge in [-0.25, -0.2) is 17.9 Å². The number of aryl methyl sites for hydroxylation is 1. The molecule has 0 fully saturated rings. The zero-order valence-corrected chi connectivity index (χ0v) is 26.0. The van der Waals surface area contributed by atoms with E-state index >= 15 is 0 Å². The Hall–Kier alpha value is -4.66. The third-order valence-corrected chi connectivity index (χ3v) is 6.98. The normalized spacial score (nSPS) is 12.4. The Bertz CT molecular complexity index is 1410. The molecule has 2 aromatic rings. The Balaban J connectivity index is 1.87. The van der Waals surface area contributed by atoms with Crippen molar-refractivity contribution in [3.63, 3.8) is 0 Å². The molecule has 240 valence electrons. The third kappa shape index (κ3) is 14.0. The van der Waals surface area contributed by atoms with Gasteiger partial charge in [0, 0.05) is 6.54 Å². The van der Waals surface area contributed by atoms with Gasteiger partial charge in [-0.15, -0.1) is 0 Å². The molecule has 0 aliphatic rings. The minimum atomic E-state index is -3.93. The highest BCUT2D eigenvalue weighted by Crippen LogP contribution is 2.10. The molecule has 6 N–H and O–H groups in total. The lowest BCUT2D eigenvalue weighted by molar-refractivity contribution is -0.145. The van der Waals surface area contributed by atoms with Crippen molar-refractivity contribution in [1.29, 1.82) is 0 Å². The van der Waals surface area contributed by atoms with Crippen LogP contribution in [0.1, 0.15) is 44.7 Å². The number of nitrogens with two attached hydrogens (primary N) is 1. The number of esters is 1. The van der Waals surface area contributed by atoms with Gasteiger partial charge in [0.1, 0.15) is 24.8 Å². The molecule has 0 bridgehead atoms. The number of carbonyl (C=O) groups excluding carboxylic acids is 4. The number of carbonyl (C=O) groups is 4. The van der Waals surface area contributed by atoms with Gasteiger partial charge in [0.25, 0.3) is 10.0 Å². The molecule has 0 saturated carbocycles. The van der Waals surface area contributed by atoms with Crippen molar-refractivity contribution < 1.29 is 37.1 Å². The highest BCUT2D eigenvalue weighted by atomic mass is 32.2. The number of hydrogen-bond donors (Lipinski definition) is 5. The quantitative estimate of drug-likeness (QED) is 0.0877. The number of amides is 3. The summed E-state index contributed by atoms with van der Waals surface area (Å²) in [4.78, 5) is 53.3. The van der Waals surface area contributed by atoms with E-state index in [1.807, 2.05) is 13.0 Å². The van der Waals surface area contributed by atoms with Crippen LogP contribution in [-0.2, 0) is 40.5 Å². The van der Waals surface area contributed by atoms with E-state index in [0.29, 0.717) is 0 Å². The van der Waals surface area contributed by atoms with Gasteiger partial charge >= 0.3 is 12.1 Å². The van der Waals surface area contributed by atoms with Crippen LogP contribution in [0.3, 0.4) is 0 Å². The summed E-state index contributed by atoms with van der Waals surface area (Å²) in [6.45, 7) is 6.01. The molecule has 0 aliphatic heterocycles. The minimum Gasteiger partial charge on any atom is -0.460 e. The number of alkyl carbamates (subject to hydrolysis) is 1. The fourth-order valence-electron chi connectivity index (χ4n) is 3.47. The van der Waals surface area contributed by atoms with Crippen molar-refractivity contribution in [2.24, 2.45) is 10.7 Å². The van der Waals surface area contributed by atoms with Crippen LogP contribution in [-0.4, -0.2) is 69.5 Å². The van der Waals surface area contributed by atoms with Gasteiger partial charge in [-0.1, -0.05) is 48.0 Å². The van der Waals surface area contributed by atoms with Crippen LogP contribution in [0.25, 0.3) is 0 Å².